The molecule has 1 aromatic heterocycles. The van der Waals surface area contributed by atoms with Crippen molar-refractivity contribution in [2.75, 3.05) is 18.0 Å². The maximum atomic E-state index is 6.00. The highest BCUT2D eigenvalue weighted by Gasteiger charge is 2.19. The molecule has 2 heterocycles. The number of anilines is 1. The fourth-order valence-electron chi connectivity index (χ4n) is 2.90. The predicted octanol–water partition coefficient (Wildman–Crippen LogP) is 3.51. The molecule has 2 N–H and O–H groups in total. The van der Waals surface area contributed by atoms with E-state index in [-0.39, 0.29) is 6.04 Å². The van der Waals surface area contributed by atoms with Crippen LogP contribution in [0.5, 0.6) is 0 Å². The highest BCUT2D eigenvalue weighted by molar-refractivity contribution is 5.45. The maximum Gasteiger partial charge on any atom is 0.0572 e. The third-order valence-electron chi connectivity index (χ3n) is 4.27. The van der Waals surface area contributed by atoms with Gasteiger partial charge in [-0.2, -0.15) is 0 Å². The molecule has 0 saturated carbocycles. The second-order valence-electron chi connectivity index (χ2n) is 5.68. The van der Waals surface area contributed by atoms with E-state index >= 15 is 0 Å². The molecule has 106 valence electrons. The molecule has 1 aliphatic heterocycles. The van der Waals surface area contributed by atoms with Crippen LogP contribution in [0.1, 0.15) is 57.7 Å². The maximum absolute atomic E-state index is 6.00. The smallest absolute Gasteiger partial charge is 0.0572 e. The van der Waals surface area contributed by atoms with Gasteiger partial charge in [0.1, 0.15) is 0 Å². The normalized spacial score (nSPS) is 18.6. The van der Waals surface area contributed by atoms with E-state index in [1.54, 1.807) is 0 Å². The van der Waals surface area contributed by atoms with Crippen molar-refractivity contribution in [1.82, 2.24) is 4.98 Å². The van der Waals surface area contributed by atoms with Crippen molar-refractivity contribution in [2.24, 2.45) is 11.7 Å². The van der Waals surface area contributed by atoms with Crippen molar-refractivity contribution >= 4 is 5.69 Å². The van der Waals surface area contributed by atoms with Gasteiger partial charge >= 0.3 is 0 Å². The molecule has 0 aromatic carbocycles. The molecule has 3 heteroatoms. The molecule has 19 heavy (non-hydrogen) atoms. The van der Waals surface area contributed by atoms with Gasteiger partial charge in [-0.15, -0.1) is 0 Å². The molecule has 0 bridgehead atoms. The summed E-state index contributed by atoms with van der Waals surface area (Å²) in [4.78, 5) is 6.97. The van der Waals surface area contributed by atoms with Crippen molar-refractivity contribution in [1.29, 1.82) is 0 Å². The number of piperidine rings is 1. The first-order chi connectivity index (χ1) is 9.24. The Kier molecular flexibility index (Phi) is 5.20. The average Bonchev–Trinajstić information content (AvgIpc) is 2.48. The van der Waals surface area contributed by atoms with Crippen molar-refractivity contribution in [3.05, 3.63) is 24.0 Å². The zero-order valence-electron chi connectivity index (χ0n) is 12.3. The first kappa shape index (κ1) is 14.3. The van der Waals surface area contributed by atoms with E-state index < -0.39 is 0 Å². The van der Waals surface area contributed by atoms with E-state index in [1.165, 1.54) is 44.5 Å². The summed E-state index contributed by atoms with van der Waals surface area (Å²) in [6, 6.07) is 4.34. The molecule has 1 aliphatic rings. The Bertz CT molecular complexity index is 366. The minimum Gasteiger partial charge on any atom is -0.370 e. The quantitative estimate of drug-likeness (QED) is 0.882. The third kappa shape index (κ3) is 3.69. The minimum absolute atomic E-state index is 0.0735. The Hall–Kier alpha value is -1.09. The van der Waals surface area contributed by atoms with Crippen LogP contribution in [0.3, 0.4) is 0 Å². The third-order valence-corrected chi connectivity index (χ3v) is 4.27. The highest BCUT2D eigenvalue weighted by atomic mass is 15.1. The molecule has 2 rings (SSSR count). The lowest BCUT2D eigenvalue weighted by Gasteiger charge is -2.33. The highest BCUT2D eigenvalue weighted by Crippen LogP contribution is 2.26. The molecule has 1 fully saturated rings. The standard InChI is InChI=1S/C16H27N3/c1-3-5-13-8-10-19(11-9-13)14-6-7-16(18-12-14)15(17)4-2/h6-7,12-13,15H,3-5,8-11,17H2,1-2H3. The molecule has 0 amide bonds. The number of nitrogens with two attached hydrogens (primary N) is 1. The minimum atomic E-state index is 0.0735. The van der Waals surface area contributed by atoms with Gasteiger partial charge < -0.3 is 10.6 Å². The second-order valence-corrected chi connectivity index (χ2v) is 5.68. The van der Waals surface area contributed by atoms with Gasteiger partial charge in [-0.1, -0.05) is 26.7 Å². The summed E-state index contributed by atoms with van der Waals surface area (Å²) in [5.74, 6) is 0.932. The van der Waals surface area contributed by atoms with Crippen LogP contribution in [0.4, 0.5) is 5.69 Å². The van der Waals surface area contributed by atoms with Crippen molar-refractivity contribution in [3.63, 3.8) is 0 Å². The molecule has 1 aromatic rings. The number of nitrogens with zero attached hydrogens (tertiary/aromatic N) is 2. The van der Waals surface area contributed by atoms with Crippen LogP contribution >= 0.6 is 0 Å². The molecule has 1 atom stereocenters. The lowest BCUT2D eigenvalue weighted by atomic mass is 9.92. The molecule has 0 spiro atoms. The molecule has 0 radical (unpaired) electrons. The molecule has 1 saturated heterocycles. The number of pyridine rings is 1. The lowest BCUT2D eigenvalue weighted by Crippen LogP contribution is -2.33. The van der Waals surface area contributed by atoms with Crippen LogP contribution < -0.4 is 10.6 Å². The summed E-state index contributed by atoms with van der Waals surface area (Å²) >= 11 is 0. The second kappa shape index (κ2) is 6.90. The first-order valence-corrected chi connectivity index (χ1v) is 7.71. The number of aromatic nitrogens is 1. The summed E-state index contributed by atoms with van der Waals surface area (Å²) in [5, 5.41) is 0. The zero-order chi connectivity index (χ0) is 13.7. The Morgan fingerprint density at radius 2 is 2.05 bits per heavy atom. The van der Waals surface area contributed by atoms with Gasteiger partial charge in [0.15, 0.2) is 0 Å². The average molecular weight is 261 g/mol. The van der Waals surface area contributed by atoms with Crippen molar-refractivity contribution < 1.29 is 0 Å². The van der Waals surface area contributed by atoms with Gasteiger partial charge in [-0.05, 0) is 37.3 Å². The summed E-state index contributed by atoms with van der Waals surface area (Å²) in [5.41, 5.74) is 8.26. The number of hydrogen-bond donors (Lipinski definition) is 1. The molecule has 0 aliphatic carbocycles. The van der Waals surface area contributed by atoms with Gasteiger partial charge in [0.2, 0.25) is 0 Å². The van der Waals surface area contributed by atoms with E-state index in [0.29, 0.717) is 0 Å². The van der Waals surface area contributed by atoms with Crippen LogP contribution in [0.25, 0.3) is 0 Å². The van der Waals surface area contributed by atoms with Crippen LogP contribution in [-0.2, 0) is 0 Å². The summed E-state index contributed by atoms with van der Waals surface area (Å²) in [6.45, 7) is 6.72. The van der Waals surface area contributed by atoms with Crippen LogP contribution in [-0.4, -0.2) is 18.1 Å². The van der Waals surface area contributed by atoms with Crippen molar-refractivity contribution in [2.45, 2.75) is 52.0 Å². The Morgan fingerprint density at radius 1 is 1.32 bits per heavy atom. The largest absolute Gasteiger partial charge is 0.370 e. The molecular weight excluding hydrogens is 234 g/mol. The van der Waals surface area contributed by atoms with E-state index in [4.69, 9.17) is 5.73 Å². The zero-order valence-corrected chi connectivity index (χ0v) is 12.3. The Morgan fingerprint density at radius 3 is 2.58 bits per heavy atom. The summed E-state index contributed by atoms with van der Waals surface area (Å²) in [7, 11) is 0. The molecule has 1 unspecified atom stereocenters. The van der Waals surface area contributed by atoms with Crippen LogP contribution in [0.2, 0.25) is 0 Å². The van der Waals surface area contributed by atoms with Gasteiger partial charge in [0.25, 0.3) is 0 Å². The lowest BCUT2D eigenvalue weighted by molar-refractivity contribution is 0.378. The van der Waals surface area contributed by atoms with E-state index in [2.05, 4.69) is 35.9 Å². The summed E-state index contributed by atoms with van der Waals surface area (Å²) in [6.07, 6.45) is 8.28. The number of hydrogen-bond acceptors (Lipinski definition) is 3. The van der Waals surface area contributed by atoms with E-state index in [9.17, 15) is 0 Å². The van der Waals surface area contributed by atoms with Crippen LogP contribution in [0, 0.1) is 5.92 Å². The van der Waals surface area contributed by atoms with Crippen molar-refractivity contribution in [3.8, 4) is 0 Å². The Balaban J connectivity index is 1.92. The van der Waals surface area contributed by atoms with Gasteiger partial charge in [-0.25, -0.2) is 0 Å². The summed E-state index contributed by atoms with van der Waals surface area (Å²) < 4.78 is 0. The monoisotopic (exact) mass is 261 g/mol. The first-order valence-electron chi connectivity index (χ1n) is 7.71. The van der Waals surface area contributed by atoms with E-state index in [1.807, 2.05) is 6.20 Å². The topological polar surface area (TPSA) is 42.1 Å². The predicted molar refractivity (Wildman–Crippen MR) is 81.3 cm³/mol. The van der Waals surface area contributed by atoms with Crippen LogP contribution in [0.15, 0.2) is 18.3 Å². The fourth-order valence-corrected chi connectivity index (χ4v) is 2.90. The molecular formula is C16H27N3. The Labute approximate surface area is 117 Å². The number of rotatable bonds is 5. The van der Waals surface area contributed by atoms with E-state index in [0.717, 1.165) is 18.0 Å². The molecule has 3 nitrogen and oxygen atoms in total. The van der Waals surface area contributed by atoms with Gasteiger partial charge in [0.05, 0.1) is 17.6 Å². The van der Waals surface area contributed by atoms with Gasteiger partial charge in [0, 0.05) is 19.1 Å². The fraction of sp³-hybridized carbons (Fsp3) is 0.688. The SMILES string of the molecule is CCCC1CCN(c2ccc(C(N)CC)nc2)CC1. The van der Waals surface area contributed by atoms with Gasteiger partial charge in [-0.3, -0.25) is 4.98 Å².